The van der Waals surface area contributed by atoms with Gasteiger partial charge in [-0.2, -0.15) is 0 Å². The maximum atomic E-state index is 11.8. The molecule has 3 N–H and O–H groups in total. The highest BCUT2D eigenvalue weighted by atomic mass is 35.5. The lowest BCUT2D eigenvalue weighted by Gasteiger charge is -2.08. The summed E-state index contributed by atoms with van der Waals surface area (Å²) in [5.74, 6) is 0.314. The van der Waals surface area contributed by atoms with E-state index in [4.69, 9.17) is 21.6 Å². The lowest BCUT2D eigenvalue weighted by atomic mass is 9.79. The molecule has 1 aliphatic carbocycles. The molecule has 17 heavy (non-hydrogen) atoms. The first-order chi connectivity index (χ1) is 8.08. The maximum Gasteiger partial charge on any atom is 0.488 e. The van der Waals surface area contributed by atoms with Gasteiger partial charge >= 0.3 is 7.12 Å². The highest BCUT2D eigenvalue weighted by Crippen LogP contribution is 2.27. The molecule has 0 radical (unpaired) electrons. The fourth-order valence-corrected chi connectivity index (χ4v) is 1.74. The molecular weight excluding hydrogens is 240 g/mol. The monoisotopic (exact) mass is 253 g/mol. The van der Waals surface area contributed by atoms with Crippen molar-refractivity contribution in [1.29, 1.82) is 0 Å². The second-order valence-corrected chi connectivity index (χ2v) is 4.67. The van der Waals surface area contributed by atoms with Crippen LogP contribution in [-0.4, -0.2) is 29.6 Å². The van der Waals surface area contributed by atoms with Crippen molar-refractivity contribution < 1.29 is 14.8 Å². The van der Waals surface area contributed by atoms with Crippen molar-refractivity contribution >= 4 is 30.1 Å². The Morgan fingerprint density at radius 1 is 1.47 bits per heavy atom. The highest BCUT2D eigenvalue weighted by Gasteiger charge is 2.23. The quantitative estimate of drug-likeness (QED) is 0.670. The molecule has 90 valence electrons. The summed E-state index contributed by atoms with van der Waals surface area (Å²) in [4.78, 5) is 11.8. The van der Waals surface area contributed by atoms with Crippen LogP contribution in [0.1, 0.15) is 23.2 Å². The number of carbonyl (C=O) groups is 1. The minimum atomic E-state index is -1.60. The van der Waals surface area contributed by atoms with Crippen molar-refractivity contribution in [3.05, 3.63) is 28.8 Å². The fourth-order valence-electron chi connectivity index (χ4n) is 1.53. The zero-order valence-corrected chi connectivity index (χ0v) is 9.94. The molecule has 0 spiro atoms. The minimum absolute atomic E-state index is 0.256. The van der Waals surface area contributed by atoms with Crippen molar-refractivity contribution in [1.82, 2.24) is 5.32 Å². The third-order valence-corrected chi connectivity index (χ3v) is 3.11. The molecule has 0 aliphatic heterocycles. The van der Waals surface area contributed by atoms with E-state index < -0.39 is 7.12 Å². The predicted molar refractivity (Wildman–Crippen MR) is 66.3 cm³/mol. The number of rotatable bonds is 4. The zero-order chi connectivity index (χ0) is 12.4. The number of hydrogen-bond acceptors (Lipinski definition) is 3. The summed E-state index contributed by atoms with van der Waals surface area (Å²) in [5, 5.41) is 21.1. The average Bonchev–Trinajstić information content (AvgIpc) is 3.10. The van der Waals surface area contributed by atoms with Gasteiger partial charge in [-0.3, -0.25) is 4.79 Å². The van der Waals surface area contributed by atoms with Crippen molar-refractivity contribution in [2.75, 3.05) is 6.54 Å². The molecule has 0 heterocycles. The topological polar surface area (TPSA) is 69.6 Å². The molecule has 1 saturated carbocycles. The number of benzene rings is 1. The summed E-state index contributed by atoms with van der Waals surface area (Å²) in [6, 6.07) is 4.36. The SMILES string of the molecule is O=C(NCC1CC1)c1cc(B(O)O)ccc1Cl. The first-order valence-electron chi connectivity index (χ1n) is 5.51. The van der Waals surface area contributed by atoms with E-state index in [-0.39, 0.29) is 16.9 Å². The van der Waals surface area contributed by atoms with Gasteiger partial charge in [-0.15, -0.1) is 0 Å². The number of hydrogen-bond donors (Lipinski definition) is 3. The van der Waals surface area contributed by atoms with Crippen LogP contribution in [0.25, 0.3) is 0 Å². The first-order valence-corrected chi connectivity index (χ1v) is 5.89. The standard InChI is InChI=1S/C11H13BClNO3/c13-10-4-3-8(12(16)17)5-9(10)11(15)14-6-7-1-2-7/h3-5,7,16-17H,1-2,6H2,(H,14,15). The number of carbonyl (C=O) groups excluding carboxylic acids is 1. The van der Waals surface area contributed by atoms with Crippen molar-refractivity contribution in [3.63, 3.8) is 0 Å². The minimum Gasteiger partial charge on any atom is -0.423 e. The summed E-state index contributed by atoms with van der Waals surface area (Å²) in [6.07, 6.45) is 2.31. The van der Waals surface area contributed by atoms with E-state index in [0.717, 1.165) is 12.8 Å². The second kappa shape index (κ2) is 5.08. The number of amides is 1. The molecule has 0 unspecified atom stereocenters. The van der Waals surface area contributed by atoms with Gasteiger partial charge in [-0.05, 0) is 36.4 Å². The van der Waals surface area contributed by atoms with Crippen molar-refractivity contribution in [3.8, 4) is 0 Å². The third-order valence-electron chi connectivity index (χ3n) is 2.78. The van der Waals surface area contributed by atoms with Crippen LogP contribution in [0.15, 0.2) is 18.2 Å². The molecule has 1 aromatic carbocycles. The summed E-state index contributed by atoms with van der Waals surface area (Å²) < 4.78 is 0. The molecule has 0 aromatic heterocycles. The van der Waals surface area contributed by atoms with Crippen molar-refractivity contribution in [2.24, 2.45) is 5.92 Å². The Kier molecular flexibility index (Phi) is 3.71. The largest absolute Gasteiger partial charge is 0.488 e. The molecule has 0 atom stereocenters. The smallest absolute Gasteiger partial charge is 0.423 e. The van der Waals surface area contributed by atoms with E-state index in [2.05, 4.69) is 5.32 Å². The Bertz CT molecular complexity index is 435. The van der Waals surface area contributed by atoms with Gasteiger partial charge in [-0.25, -0.2) is 0 Å². The Hall–Kier alpha value is -1.04. The lowest BCUT2D eigenvalue weighted by Crippen LogP contribution is -2.32. The van der Waals surface area contributed by atoms with Crippen LogP contribution >= 0.6 is 11.6 Å². The Balaban J connectivity index is 2.11. The zero-order valence-electron chi connectivity index (χ0n) is 9.19. The maximum absolute atomic E-state index is 11.8. The molecule has 0 saturated heterocycles. The first kappa shape index (κ1) is 12.4. The van der Waals surface area contributed by atoms with Crippen LogP contribution in [0, 0.1) is 5.92 Å². The van der Waals surface area contributed by atoms with Crippen LogP contribution in [0.2, 0.25) is 5.02 Å². The van der Waals surface area contributed by atoms with Gasteiger partial charge in [0.25, 0.3) is 5.91 Å². The normalized spacial score (nSPS) is 14.5. The number of nitrogens with one attached hydrogen (secondary N) is 1. The van der Waals surface area contributed by atoms with Crippen LogP contribution in [0.4, 0.5) is 0 Å². The molecule has 0 bridgehead atoms. The molecule has 4 nitrogen and oxygen atoms in total. The van der Waals surface area contributed by atoms with Crippen LogP contribution in [0.3, 0.4) is 0 Å². The van der Waals surface area contributed by atoms with Gasteiger partial charge in [0.2, 0.25) is 0 Å². The van der Waals surface area contributed by atoms with Gasteiger partial charge in [0.15, 0.2) is 0 Å². The Morgan fingerprint density at radius 3 is 2.76 bits per heavy atom. The average molecular weight is 253 g/mol. The van der Waals surface area contributed by atoms with E-state index in [1.165, 1.54) is 18.2 Å². The second-order valence-electron chi connectivity index (χ2n) is 4.27. The molecule has 1 amide bonds. The van der Waals surface area contributed by atoms with Crippen molar-refractivity contribution in [2.45, 2.75) is 12.8 Å². The predicted octanol–water partition coefficient (Wildman–Crippen LogP) is 0.160. The van der Waals surface area contributed by atoms with Gasteiger partial charge < -0.3 is 15.4 Å². The molecular formula is C11H13BClNO3. The summed E-state index contributed by atoms with van der Waals surface area (Å²) in [6.45, 7) is 0.654. The van der Waals surface area contributed by atoms with Crippen LogP contribution < -0.4 is 10.8 Å². The van der Waals surface area contributed by atoms with Gasteiger partial charge in [-0.1, -0.05) is 17.7 Å². The van der Waals surface area contributed by atoms with Gasteiger partial charge in [0.1, 0.15) is 0 Å². The summed E-state index contributed by atoms with van der Waals surface area (Å²) in [5.41, 5.74) is 0.531. The lowest BCUT2D eigenvalue weighted by molar-refractivity contribution is 0.0952. The summed E-state index contributed by atoms with van der Waals surface area (Å²) in [7, 11) is -1.60. The van der Waals surface area contributed by atoms with E-state index in [0.29, 0.717) is 17.5 Å². The molecule has 2 rings (SSSR count). The van der Waals surface area contributed by atoms with Crippen LogP contribution in [0.5, 0.6) is 0 Å². The van der Waals surface area contributed by atoms with E-state index in [1.807, 2.05) is 0 Å². The van der Waals surface area contributed by atoms with Gasteiger partial charge in [0, 0.05) is 6.54 Å². The molecule has 1 aliphatic rings. The number of halogens is 1. The molecule has 6 heteroatoms. The summed E-state index contributed by atoms with van der Waals surface area (Å²) >= 11 is 5.90. The van der Waals surface area contributed by atoms with E-state index >= 15 is 0 Å². The van der Waals surface area contributed by atoms with Gasteiger partial charge in [0.05, 0.1) is 10.6 Å². The Morgan fingerprint density at radius 2 is 2.18 bits per heavy atom. The fraction of sp³-hybridized carbons (Fsp3) is 0.364. The van der Waals surface area contributed by atoms with Crippen LogP contribution in [-0.2, 0) is 0 Å². The van der Waals surface area contributed by atoms with E-state index in [9.17, 15) is 4.79 Å². The molecule has 1 aromatic rings. The highest BCUT2D eigenvalue weighted by molar-refractivity contribution is 6.58. The third kappa shape index (κ3) is 3.22. The Labute approximate surface area is 105 Å². The molecule has 1 fully saturated rings. The van der Waals surface area contributed by atoms with E-state index in [1.54, 1.807) is 0 Å².